The number of likely N-dealkylation sites (tertiary alicyclic amines) is 1. The van der Waals surface area contributed by atoms with Crippen LogP contribution >= 0.6 is 0 Å². The number of aryl methyl sites for hydroxylation is 1. The molecule has 1 N–H and O–H groups in total. The fraction of sp³-hybridized carbons (Fsp3) is 0.500. The number of hydrogen-bond acceptors (Lipinski definition) is 4. The minimum atomic E-state index is -0.711. The molecule has 0 unspecified atom stereocenters. The topological polar surface area (TPSA) is 66.8 Å². The molecule has 0 aromatic heterocycles. The van der Waals surface area contributed by atoms with Crippen LogP contribution in [-0.2, 0) is 20.7 Å². The van der Waals surface area contributed by atoms with Crippen LogP contribution in [0, 0.1) is 11.7 Å². The number of carbonyl (C=O) groups excluding carboxylic acids is 2. The van der Waals surface area contributed by atoms with E-state index < -0.39 is 12.1 Å². The van der Waals surface area contributed by atoms with Crippen molar-refractivity contribution >= 4 is 11.9 Å². The number of carbonyl (C=O) groups is 2. The maximum Gasteiger partial charge on any atom is 0.305 e. The molecule has 1 fully saturated rings. The van der Waals surface area contributed by atoms with E-state index in [4.69, 9.17) is 0 Å². The van der Waals surface area contributed by atoms with Crippen molar-refractivity contribution in [2.75, 3.05) is 20.2 Å². The van der Waals surface area contributed by atoms with Gasteiger partial charge >= 0.3 is 5.97 Å². The Hall–Kier alpha value is -1.95. The third-order valence-electron chi connectivity index (χ3n) is 3.93. The van der Waals surface area contributed by atoms with Crippen molar-refractivity contribution in [3.8, 4) is 0 Å². The predicted octanol–water partition coefficient (Wildman–Crippen LogP) is 1.14. The molecular weight excluding hydrogens is 289 g/mol. The van der Waals surface area contributed by atoms with E-state index in [9.17, 15) is 19.1 Å². The number of benzene rings is 1. The summed E-state index contributed by atoms with van der Waals surface area (Å²) in [6, 6.07) is 6.15. The number of nitrogens with zero attached hydrogens (tertiary/aromatic N) is 1. The highest BCUT2D eigenvalue weighted by Crippen LogP contribution is 2.22. The molecule has 120 valence electrons. The SMILES string of the molecule is COC(=O)C[C@@H]1CN(C(=O)CCc2cccc(F)c2)C[C@H]1O. The van der Waals surface area contributed by atoms with Crippen molar-refractivity contribution in [1.82, 2.24) is 4.90 Å². The second kappa shape index (κ2) is 7.35. The molecule has 1 aliphatic rings. The van der Waals surface area contributed by atoms with Crippen molar-refractivity contribution in [1.29, 1.82) is 0 Å². The van der Waals surface area contributed by atoms with Gasteiger partial charge in [-0.2, -0.15) is 0 Å². The molecule has 0 bridgehead atoms. The quantitative estimate of drug-likeness (QED) is 0.828. The Labute approximate surface area is 128 Å². The van der Waals surface area contributed by atoms with Gasteiger partial charge in [-0.05, 0) is 24.1 Å². The lowest BCUT2D eigenvalue weighted by atomic mass is 10.0. The number of aliphatic hydroxyl groups excluding tert-OH is 1. The number of esters is 1. The van der Waals surface area contributed by atoms with Crippen molar-refractivity contribution in [3.05, 3.63) is 35.6 Å². The van der Waals surface area contributed by atoms with Gasteiger partial charge < -0.3 is 14.7 Å². The van der Waals surface area contributed by atoms with Crippen LogP contribution in [0.4, 0.5) is 4.39 Å². The number of hydrogen-bond donors (Lipinski definition) is 1. The highest BCUT2D eigenvalue weighted by atomic mass is 19.1. The van der Waals surface area contributed by atoms with Crippen LogP contribution < -0.4 is 0 Å². The van der Waals surface area contributed by atoms with Gasteiger partial charge in [0.15, 0.2) is 0 Å². The minimum absolute atomic E-state index is 0.101. The number of halogens is 1. The summed E-state index contributed by atoms with van der Waals surface area (Å²) < 4.78 is 17.7. The van der Waals surface area contributed by atoms with E-state index >= 15 is 0 Å². The molecule has 0 aliphatic carbocycles. The molecule has 0 radical (unpaired) electrons. The third-order valence-corrected chi connectivity index (χ3v) is 3.93. The first-order valence-electron chi connectivity index (χ1n) is 7.26. The van der Waals surface area contributed by atoms with Crippen LogP contribution in [0.5, 0.6) is 0 Å². The summed E-state index contributed by atoms with van der Waals surface area (Å²) in [5.74, 6) is -1.10. The highest BCUT2D eigenvalue weighted by Gasteiger charge is 2.35. The molecule has 1 aromatic carbocycles. The molecule has 1 amide bonds. The Morgan fingerprint density at radius 3 is 2.86 bits per heavy atom. The van der Waals surface area contributed by atoms with Gasteiger partial charge in [0, 0.05) is 25.4 Å². The van der Waals surface area contributed by atoms with E-state index in [-0.39, 0.29) is 37.0 Å². The summed E-state index contributed by atoms with van der Waals surface area (Å²) in [6.07, 6.45) is 0.0920. The van der Waals surface area contributed by atoms with Gasteiger partial charge in [0.05, 0.1) is 19.6 Å². The van der Waals surface area contributed by atoms with Crippen molar-refractivity contribution in [3.63, 3.8) is 0 Å². The second-order valence-corrected chi connectivity index (χ2v) is 5.54. The first-order valence-corrected chi connectivity index (χ1v) is 7.26. The van der Waals surface area contributed by atoms with Gasteiger partial charge in [0.1, 0.15) is 5.82 Å². The van der Waals surface area contributed by atoms with E-state index in [0.717, 1.165) is 5.56 Å². The van der Waals surface area contributed by atoms with Gasteiger partial charge in [-0.25, -0.2) is 4.39 Å². The first-order chi connectivity index (χ1) is 10.5. The molecule has 1 heterocycles. The van der Waals surface area contributed by atoms with Crippen LogP contribution in [0.25, 0.3) is 0 Å². The first kappa shape index (κ1) is 16.4. The second-order valence-electron chi connectivity index (χ2n) is 5.54. The Morgan fingerprint density at radius 1 is 1.41 bits per heavy atom. The number of aliphatic hydroxyl groups is 1. The molecular formula is C16H20FNO4. The molecule has 0 saturated carbocycles. The van der Waals surface area contributed by atoms with E-state index in [0.29, 0.717) is 13.0 Å². The Bertz CT molecular complexity index is 549. The summed E-state index contributed by atoms with van der Waals surface area (Å²) >= 11 is 0. The van der Waals surface area contributed by atoms with Crippen LogP contribution in [0.1, 0.15) is 18.4 Å². The number of methoxy groups -OCH3 is 1. The summed E-state index contributed by atoms with van der Waals surface area (Å²) in [5.41, 5.74) is 0.763. The number of ether oxygens (including phenoxy) is 1. The largest absolute Gasteiger partial charge is 0.469 e. The van der Waals surface area contributed by atoms with Crippen LogP contribution in [-0.4, -0.2) is 48.2 Å². The van der Waals surface area contributed by atoms with Gasteiger partial charge in [0.2, 0.25) is 5.91 Å². The maximum absolute atomic E-state index is 13.1. The highest BCUT2D eigenvalue weighted by molar-refractivity contribution is 5.77. The van der Waals surface area contributed by atoms with E-state index in [1.54, 1.807) is 17.0 Å². The van der Waals surface area contributed by atoms with Crippen LogP contribution in [0.3, 0.4) is 0 Å². The van der Waals surface area contributed by atoms with Crippen molar-refractivity contribution in [2.45, 2.75) is 25.4 Å². The summed E-state index contributed by atoms with van der Waals surface area (Å²) in [5, 5.41) is 9.92. The summed E-state index contributed by atoms with van der Waals surface area (Å²) in [6.45, 7) is 0.571. The van der Waals surface area contributed by atoms with E-state index in [2.05, 4.69) is 4.74 Å². The zero-order valence-electron chi connectivity index (χ0n) is 12.5. The maximum atomic E-state index is 13.1. The molecule has 1 aliphatic heterocycles. The normalized spacial score (nSPS) is 21.0. The van der Waals surface area contributed by atoms with E-state index in [1.807, 2.05) is 0 Å². The monoisotopic (exact) mass is 309 g/mol. The van der Waals surface area contributed by atoms with Gasteiger partial charge in [-0.1, -0.05) is 12.1 Å². The third kappa shape index (κ3) is 4.27. The fourth-order valence-corrected chi connectivity index (χ4v) is 2.66. The predicted molar refractivity (Wildman–Crippen MR) is 77.4 cm³/mol. The Morgan fingerprint density at radius 2 is 2.18 bits per heavy atom. The molecule has 1 aromatic rings. The molecule has 22 heavy (non-hydrogen) atoms. The average molecular weight is 309 g/mol. The number of amides is 1. The van der Waals surface area contributed by atoms with Gasteiger partial charge in [-0.3, -0.25) is 9.59 Å². The fourth-order valence-electron chi connectivity index (χ4n) is 2.66. The Balaban J connectivity index is 1.84. The number of β-amino-alcohol motifs (C(OH)–C–C–N with tert-alkyl or cyclic N) is 1. The zero-order valence-corrected chi connectivity index (χ0v) is 12.5. The lowest BCUT2D eigenvalue weighted by molar-refractivity contribution is -0.142. The molecule has 2 atom stereocenters. The minimum Gasteiger partial charge on any atom is -0.469 e. The average Bonchev–Trinajstić information content (AvgIpc) is 2.86. The van der Waals surface area contributed by atoms with Crippen LogP contribution in [0.2, 0.25) is 0 Å². The molecule has 1 saturated heterocycles. The smallest absolute Gasteiger partial charge is 0.305 e. The van der Waals surface area contributed by atoms with E-state index in [1.165, 1.54) is 19.2 Å². The lowest BCUT2D eigenvalue weighted by Gasteiger charge is -2.16. The molecule has 0 spiro atoms. The summed E-state index contributed by atoms with van der Waals surface area (Å²) in [7, 11) is 1.30. The zero-order chi connectivity index (χ0) is 16.1. The summed E-state index contributed by atoms with van der Waals surface area (Å²) in [4.78, 5) is 25.0. The van der Waals surface area contributed by atoms with Crippen molar-refractivity contribution in [2.24, 2.45) is 5.92 Å². The number of rotatable bonds is 5. The lowest BCUT2D eigenvalue weighted by Crippen LogP contribution is -2.29. The molecule has 6 heteroatoms. The Kier molecular flexibility index (Phi) is 5.49. The van der Waals surface area contributed by atoms with Gasteiger partial charge in [-0.15, -0.1) is 0 Å². The standard InChI is InChI=1S/C16H20FNO4/c1-22-16(21)8-12-9-18(10-14(12)19)15(20)6-5-11-3-2-4-13(17)7-11/h2-4,7,12,14,19H,5-6,8-10H2,1H3/t12-,14-/m1/s1. The van der Waals surface area contributed by atoms with Gasteiger partial charge in [0.25, 0.3) is 0 Å². The van der Waals surface area contributed by atoms with Crippen molar-refractivity contribution < 1.29 is 23.8 Å². The van der Waals surface area contributed by atoms with Crippen LogP contribution in [0.15, 0.2) is 24.3 Å². The molecule has 5 nitrogen and oxygen atoms in total. The molecule has 2 rings (SSSR count).